The van der Waals surface area contributed by atoms with E-state index >= 15 is 0 Å². The zero-order valence-electron chi connectivity index (χ0n) is 8.55. The highest BCUT2D eigenvalue weighted by molar-refractivity contribution is 9.10. The maximum absolute atomic E-state index is 13.4. The number of halogens is 2. The molecule has 0 spiro atoms. The lowest BCUT2D eigenvalue weighted by atomic mass is 10.1. The molecule has 0 atom stereocenters. The van der Waals surface area contributed by atoms with E-state index in [9.17, 15) is 4.39 Å². The topological polar surface area (TPSA) is 16.1 Å². The van der Waals surface area contributed by atoms with E-state index in [2.05, 4.69) is 25.8 Å². The molecule has 82 valence electrons. The van der Waals surface area contributed by atoms with Gasteiger partial charge in [0, 0.05) is 22.8 Å². The zero-order chi connectivity index (χ0) is 10.7. The molecule has 0 N–H and O–H groups in total. The Kier molecular flexibility index (Phi) is 3.70. The average Bonchev–Trinajstić information content (AvgIpc) is 2.25. The Morgan fingerprint density at radius 1 is 1.33 bits per heavy atom. The van der Waals surface area contributed by atoms with Crippen LogP contribution in [0, 0.1) is 5.95 Å². The highest BCUT2D eigenvalue weighted by Gasteiger charge is 2.13. The fraction of sp³-hybridized carbons (Fsp3) is 0.545. The molecular formula is C11H14BrFN2. The van der Waals surface area contributed by atoms with Crippen molar-refractivity contribution in [2.45, 2.75) is 25.8 Å². The predicted molar refractivity (Wildman–Crippen MR) is 61.0 cm³/mol. The van der Waals surface area contributed by atoms with Gasteiger partial charge < -0.3 is 0 Å². The Bertz CT molecular complexity index is 337. The molecule has 15 heavy (non-hydrogen) atoms. The first kappa shape index (κ1) is 11.0. The van der Waals surface area contributed by atoms with Crippen molar-refractivity contribution >= 4 is 15.9 Å². The van der Waals surface area contributed by atoms with Crippen molar-refractivity contribution in [1.82, 2.24) is 9.88 Å². The standard InChI is InChI=1S/C11H14BrFN2/c12-10-6-9(11(13)14-7-10)8-15-4-2-1-3-5-15/h6-7H,1-5,8H2. The molecule has 1 aliphatic rings. The first-order valence-corrected chi connectivity index (χ1v) is 6.07. The van der Waals surface area contributed by atoms with E-state index < -0.39 is 0 Å². The molecule has 0 aliphatic carbocycles. The van der Waals surface area contributed by atoms with Crippen LogP contribution < -0.4 is 0 Å². The summed E-state index contributed by atoms with van der Waals surface area (Å²) in [5.74, 6) is -0.344. The van der Waals surface area contributed by atoms with Crippen molar-refractivity contribution in [2.75, 3.05) is 13.1 Å². The van der Waals surface area contributed by atoms with E-state index in [1.54, 1.807) is 0 Å². The Balaban J connectivity index is 2.05. The summed E-state index contributed by atoms with van der Waals surface area (Å²) in [5.41, 5.74) is 0.686. The van der Waals surface area contributed by atoms with Crippen LogP contribution in [-0.2, 0) is 6.54 Å². The van der Waals surface area contributed by atoms with Crippen LogP contribution in [0.15, 0.2) is 16.7 Å². The summed E-state index contributed by atoms with van der Waals surface area (Å²) in [6.45, 7) is 2.83. The van der Waals surface area contributed by atoms with Gasteiger partial charge in [-0.05, 0) is 47.9 Å². The van der Waals surface area contributed by atoms with Gasteiger partial charge in [0.05, 0.1) is 0 Å². The minimum Gasteiger partial charge on any atom is -0.299 e. The zero-order valence-corrected chi connectivity index (χ0v) is 10.1. The number of likely N-dealkylation sites (tertiary alicyclic amines) is 1. The van der Waals surface area contributed by atoms with Crippen LogP contribution in [0.4, 0.5) is 4.39 Å². The second-order valence-electron chi connectivity index (χ2n) is 3.94. The third-order valence-electron chi connectivity index (χ3n) is 2.72. The Morgan fingerprint density at radius 3 is 2.80 bits per heavy atom. The molecular weight excluding hydrogens is 259 g/mol. The van der Waals surface area contributed by atoms with Gasteiger partial charge in [-0.1, -0.05) is 6.42 Å². The minimum atomic E-state index is -0.344. The number of pyridine rings is 1. The van der Waals surface area contributed by atoms with E-state index in [-0.39, 0.29) is 5.95 Å². The van der Waals surface area contributed by atoms with Crippen molar-refractivity contribution < 1.29 is 4.39 Å². The Labute approximate surface area is 97.6 Å². The number of nitrogens with zero attached hydrogens (tertiary/aromatic N) is 2. The van der Waals surface area contributed by atoms with Crippen LogP contribution in [-0.4, -0.2) is 23.0 Å². The number of rotatable bonds is 2. The summed E-state index contributed by atoms with van der Waals surface area (Å²) in [6.07, 6.45) is 5.25. The highest BCUT2D eigenvalue weighted by Crippen LogP contribution is 2.17. The maximum Gasteiger partial charge on any atom is 0.217 e. The molecule has 1 fully saturated rings. The number of piperidine rings is 1. The van der Waals surface area contributed by atoms with E-state index in [4.69, 9.17) is 0 Å². The summed E-state index contributed by atoms with van der Waals surface area (Å²) in [4.78, 5) is 5.99. The molecule has 0 saturated carbocycles. The molecule has 0 unspecified atom stereocenters. The molecule has 0 radical (unpaired) electrons. The van der Waals surface area contributed by atoms with Gasteiger partial charge in [-0.15, -0.1) is 0 Å². The number of hydrogen-bond donors (Lipinski definition) is 0. The summed E-state index contributed by atoms with van der Waals surface area (Å²) in [7, 11) is 0. The minimum absolute atomic E-state index is 0.344. The number of aromatic nitrogens is 1. The van der Waals surface area contributed by atoms with Gasteiger partial charge in [0.25, 0.3) is 0 Å². The van der Waals surface area contributed by atoms with Gasteiger partial charge in [-0.2, -0.15) is 4.39 Å². The fourth-order valence-corrected chi connectivity index (χ4v) is 2.31. The van der Waals surface area contributed by atoms with Crippen molar-refractivity contribution in [3.63, 3.8) is 0 Å². The predicted octanol–water partition coefficient (Wildman–Crippen LogP) is 2.97. The van der Waals surface area contributed by atoms with Crippen molar-refractivity contribution in [1.29, 1.82) is 0 Å². The SMILES string of the molecule is Fc1ncc(Br)cc1CN1CCCCC1. The third-order valence-corrected chi connectivity index (χ3v) is 3.15. The second kappa shape index (κ2) is 5.03. The molecule has 2 nitrogen and oxygen atoms in total. The van der Waals surface area contributed by atoms with Gasteiger partial charge >= 0.3 is 0 Å². The lowest BCUT2D eigenvalue weighted by Crippen LogP contribution is -2.29. The average molecular weight is 273 g/mol. The van der Waals surface area contributed by atoms with Crippen LogP contribution in [0.5, 0.6) is 0 Å². The van der Waals surface area contributed by atoms with Gasteiger partial charge in [-0.25, -0.2) is 4.98 Å². The van der Waals surface area contributed by atoms with Gasteiger partial charge in [-0.3, -0.25) is 4.90 Å². The Morgan fingerprint density at radius 2 is 2.07 bits per heavy atom. The molecule has 1 aromatic rings. The molecule has 1 aromatic heterocycles. The molecule has 0 aromatic carbocycles. The molecule has 1 aliphatic heterocycles. The van der Waals surface area contributed by atoms with E-state index in [0.717, 1.165) is 17.6 Å². The third kappa shape index (κ3) is 2.98. The lowest BCUT2D eigenvalue weighted by molar-refractivity contribution is 0.217. The molecule has 1 saturated heterocycles. The van der Waals surface area contributed by atoms with Crippen molar-refractivity contribution in [3.05, 3.63) is 28.2 Å². The van der Waals surface area contributed by atoms with Crippen LogP contribution >= 0.6 is 15.9 Å². The normalized spacial score (nSPS) is 18.0. The second-order valence-corrected chi connectivity index (χ2v) is 4.86. The Hall–Kier alpha value is -0.480. The number of hydrogen-bond acceptors (Lipinski definition) is 2. The quantitative estimate of drug-likeness (QED) is 0.770. The summed E-state index contributed by atoms with van der Waals surface area (Å²) >= 11 is 3.31. The monoisotopic (exact) mass is 272 g/mol. The first-order valence-electron chi connectivity index (χ1n) is 5.28. The lowest BCUT2D eigenvalue weighted by Gasteiger charge is -2.26. The van der Waals surface area contributed by atoms with Crippen molar-refractivity contribution in [2.24, 2.45) is 0 Å². The summed E-state index contributed by atoms with van der Waals surface area (Å²) in [6, 6.07) is 1.82. The van der Waals surface area contributed by atoms with Gasteiger partial charge in [0.1, 0.15) is 0 Å². The van der Waals surface area contributed by atoms with Crippen LogP contribution in [0.1, 0.15) is 24.8 Å². The van der Waals surface area contributed by atoms with Crippen molar-refractivity contribution in [3.8, 4) is 0 Å². The van der Waals surface area contributed by atoms with Gasteiger partial charge in [0.2, 0.25) is 5.95 Å². The molecule has 0 amide bonds. The first-order chi connectivity index (χ1) is 7.25. The molecule has 2 rings (SSSR count). The van der Waals surface area contributed by atoms with Crippen LogP contribution in [0.3, 0.4) is 0 Å². The summed E-state index contributed by atoms with van der Waals surface area (Å²) < 4.78 is 14.2. The fourth-order valence-electron chi connectivity index (χ4n) is 1.93. The molecule has 2 heterocycles. The summed E-state index contributed by atoms with van der Waals surface area (Å²) in [5, 5.41) is 0. The smallest absolute Gasteiger partial charge is 0.217 e. The molecule has 0 bridgehead atoms. The highest BCUT2D eigenvalue weighted by atomic mass is 79.9. The maximum atomic E-state index is 13.4. The largest absolute Gasteiger partial charge is 0.299 e. The molecule has 4 heteroatoms. The van der Waals surface area contributed by atoms with Gasteiger partial charge in [0.15, 0.2) is 0 Å². The van der Waals surface area contributed by atoms with Crippen LogP contribution in [0.2, 0.25) is 0 Å². The van der Waals surface area contributed by atoms with E-state index in [0.29, 0.717) is 12.1 Å². The van der Waals surface area contributed by atoms with Crippen LogP contribution in [0.25, 0.3) is 0 Å². The van der Waals surface area contributed by atoms with E-state index in [1.807, 2.05) is 6.07 Å². The van der Waals surface area contributed by atoms with E-state index in [1.165, 1.54) is 25.5 Å².